The molecule has 3 aromatic rings. The molecule has 0 aliphatic carbocycles. The smallest absolute Gasteiger partial charge is 0.253 e. The molecule has 0 saturated carbocycles. The first-order valence-electron chi connectivity index (χ1n) is 9.49. The van der Waals surface area contributed by atoms with Gasteiger partial charge in [0, 0.05) is 17.2 Å². The lowest BCUT2D eigenvalue weighted by atomic mass is 10.1. The third kappa shape index (κ3) is 5.96. The molecule has 1 unspecified atom stereocenters. The molecule has 8 heteroatoms. The van der Waals surface area contributed by atoms with Crippen molar-refractivity contribution in [2.45, 2.75) is 19.0 Å². The summed E-state index contributed by atoms with van der Waals surface area (Å²) in [4.78, 5) is 25.4. The van der Waals surface area contributed by atoms with Gasteiger partial charge in [-0.3, -0.25) is 14.7 Å². The molecule has 1 aromatic heterocycles. The number of thioether (sulfide) groups is 1. The number of benzene rings is 2. The van der Waals surface area contributed by atoms with E-state index in [9.17, 15) is 9.59 Å². The molecule has 0 saturated heterocycles. The van der Waals surface area contributed by atoms with Gasteiger partial charge in [0.05, 0.1) is 11.3 Å². The number of aromatic amines is 1. The number of nitrogens with zero attached hydrogens (tertiary/aromatic N) is 1. The fourth-order valence-electron chi connectivity index (χ4n) is 2.92. The van der Waals surface area contributed by atoms with Crippen LogP contribution in [0.3, 0.4) is 0 Å². The second-order valence-electron chi connectivity index (χ2n) is 6.67. The van der Waals surface area contributed by atoms with Crippen molar-refractivity contribution < 1.29 is 9.59 Å². The highest BCUT2D eigenvalue weighted by Crippen LogP contribution is 2.17. The van der Waals surface area contributed by atoms with E-state index >= 15 is 0 Å². The number of carbonyl (C=O) groups excluding carboxylic acids is 2. The number of rotatable bonds is 9. The molecule has 2 amide bonds. The lowest BCUT2D eigenvalue weighted by molar-refractivity contribution is -0.123. The van der Waals surface area contributed by atoms with Crippen LogP contribution in [0.25, 0.3) is 11.3 Å². The summed E-state index contributed by atoms with van der Waals surface area (Å²) in [5.41, 5.74) is 3.46. The summed E-state index contributed by atoms with van der Waals surface area (Å²) < 4.78 is 0.698. The highest BCUT2D eigenvalue weighted by molar-refractivity contribution is 9.10. The fourth-order valence-corrected chi connectivity index (χ4v) is 3.85. The van der Waals surface area contributed by atoms with Gasteiger partial charge in [-0.15, -0.1) is 0 Å². The number of amides is 2. The molecule has 1 atom stereocenters. The lowest BCUT2D eigenvalue weighted by Gasteiger charge is -2.19. The maximum atomic E-state index is 12.8. The predicted octanol–water partition coefficient (Wildman–Crippen LogP) is 4.01. The van der Waals surface area contributed by atoms with Crippen molar-refractivity contribution in [1.82, 2.24) is 20.8 Å². The molecule has 156 valence electrons. The van der Waals surface area contributed by atoms with Crippen LogP contribution in [-0.2, 0) is 11.3 Å². The quantitative estimate of drug-likeness (QED) is 0.426. The number of H-pyrrole nitrogens is 1. The van der Waals surface area contributed by atoms with Crippen LogP contribution in [0.5, 0.6) is 0 Å². The van der Waals surface area contributed by atoms with E-state index in [1.165, 1.54) is 0 Å². The van der Waals surface area contributed by atoms with Gasteiger partial charge in [-0.25, -0.2) is 0 Å². The minimum Gasteiger partial charge on any atom is -0.350 e. The highest BCUT2D eigenvalue weighted by atomic mass is 79.9. The summed E-state index contributed by atoms with van der Waals surface area (Å²) in [7, 11) is 0. The van der Waals surface area contributed by atoms with Crippen molar-refractivity contribution in [2.75, 3.05) is 12.0 Å². The first-order valence-corrected chi connectivity index (χ1v) is 11.7. The summed E-state index contributed by atoms with van der Waals surface area (Å²) in [6.07, 6.45) is 4.24. The van der Waals surface area contributed by atoms with Gasteiger partial charge in [0.15, 0.2) is 0 Å². The van der Waals surface area contributed by atoms with Crippen molar-refractivity contribution in [3.8, 4) is 11.3 Å². The zero-order chi connectivity index (χ0) is 21.3. The number of hydrogen-bond donors (Lipinski definition) is 3. The Hall–Kier alpha value is -2.58. The van der Waals surface area contributed by atoms with Crippen molar-refractivity contribution in [1.29, 1.82) is 0 Å². The molecule has 0 bridgehead atoms. The van der Waals surface area contributed by atoms with Gasteiger partial charge in [0.2, 0.25) is 5.91 Å². The van der Waals surface area contributed by atoms with Gasteiger partial charge in [0.25, 0.3) is 5.91 Å². The third-order valence-corrected chi connectivity index (χ3v) is 5.92. The normalized spacial score (nSPS) is 11.7. The standard InChI is InChI=1S/C22H23BrN4O2S/c1-30-13-11-20(26-21(28)17-4-2-3-5-18(17)23)22(29)24-14-15-6-8-16(9-7-15)19-10-12-25-27-19/h2-10,12,20H,11,13-14H2,1H3,(H,24,29)(H,25,27)(H,26,28). The molecule has 3 N–H and O–H groups in total. The van der Waals surface area contributed by atoms with Gasteiger partial charge in [-0.05, 0) is 63.7 Å². The molecule has 0 spiro atoms. The van der Waals surface area contributed by atoms with Crippen LogP contribution >= 0.6 is 27.7 Å². The summed E-state index contributed by atoms with van der Waals surface area (Å²) in [6, 6.07) is 16.4. The molecule has 30 heavy (non-hydrogen) atoms. The summed E-state index contributed by atoms with van der Waals surface area (Å²) >= 11 is 5.03. The van der Waals surface area contributed by atoms with Crippen LogP contribution in [0.1, 0.15) is 22.3 Å². The van der Waals surface area contributed by atoms with Gasteiger partial charge in [-0.2, -0.15) is 16.9 Å². The van der Waals surface area contributed by atoms with E-state index in [1.807, 2.05) is 42.7 Å². The average molecular weight is 487 g/mol. The van der Waals surface area contributed by atoms with Gasteiger partial charge in [-0.1, -0.05) is 36.4 Å². The van der Waals surface area contributed by atoms with Crippen LogP contribution in [0, 0.1) is 0 Å². The third-order valence-electron chi connectivity index (χ3n) is 4.58. The van der Waals surface area contributed by atoms with Crippen LogP contribution in [0.15, 0.2) is 65.3 Å². The Labute approximate surface area is 188 Å². The number of carbonyl (C=O) groups is 2. The highest BCUT2D eigenvalue weighted by Gasteiger charge is 2.21. The van der Waals surface area contributed by atoms with Crippen molar-refractivity contribution in [3.63, 3.8) is 0 Å². The summed E-state index contributed by atoms with van der Waals surface area (Å²) in [5, 5.41) is 12.7. The molecule has 3 rings (SSSR count). The van der Waals surface area contributed by atoms with E-state index in [0.29, 0.717) is 23.0 Å². The number of hydrogen-bond acceptors (Lipinski definition) is 4. The van der Waals surface area contributed by atoms with E-state index < -0.39 is 6.04 Å². The summed E-state index contributed by atoms with van der Waals surface area (Å²) in [6.45, 7) is 0.392. The van der Waals surface area contributed by atoms with E-state index in [4.69, 9.17) is 0 Å². The zero-order valence-electron chi connectivity index (χ0n) is 16.5. The Kier molecular flexibility index (Phi) is 8.10. The van der Waals surface area contributed by atoms with E-state index in [0.717, 1.165) is 22.6 Å². The van der Waals surface area contributed by atoms with E-state index in [1.54, 1.807) is 36.2 Å². The minimum atomic E-state index is -0.596. The van der Waals surface area contributed by atoms with Crippen LogP contribution in [-0.4, -0.2) is 40.1 Å². The molecule has 1 heterocycles. The molecule has 6 nitrogen and oxygen atoms in total. The van der Waals surface area contributed by atoms with Crippen LogP contribution in [0.2, 0.25) is 0 Å². The van der Waals surface area contributed by atoms with Crippen molar-refractivity contribution in [2.24, 2.45) is 0 Å². The van der Waals surface area contributed by atoms with Crippen LogP contribution < -0.4 is 10.6 Å². The molecule has 2 aromatic carbocycles. The molecule has 0 fully saturated rings. The van der Waals surface area contributed by atoms with Gasteiger partial charge >= 0.3 is 0 Å². The van der Waals surface area contributed by atoms with Crippen molar-refractivity contribution >= 4 is 39.5 Å². The largest absolute Gasteiger partial charge is 0.350 e. The zero-order valence-corrected chi connectivity index (χ0v) is 18.9. The predicted molar refractivity (Wildman–Crippen MR) is 124 cm³/mol. The lowest BCUT2D eigenvalue weighted by Crippen LogP contribution is -2.47. The Morgan fingerprint density at radius 1 is 1.13 bits per heavy atom. The average Bonchev–Trinajstić information content (AvgIpc) is 3.30. The number of nitrogens with one attached hydrogen (secondary N) is 3. The maximum absolute atomic E-state index is 12.8. The molecule has 0 aliphatic heterocycles. The van der Waals surface area contributed by atoms with E-state index in [-0.39, 0.29) is 11.8 Å². The Morgan fingerprint density at radius 2 is 1.90 bits per heavy atom. The molecule has 0 radical (unpaired) electrons. The summed E-state index contributed by atoms with van der Waals surface area (Å²) in [5.74, 6) is 0.308. The second-order valence-corrected chi connectivity index (χ2v) is 8.51. The Morgan fingerprint density at radius 3 is 2.57 bits per heavy atom. The molecule has 0 aliphatic rings. The van der Waals surface area contributed by atoms with Crippen LogP contribution in [0.4, 0.5) is 0 Å². The number of halogens is 1. The minimum absolute atomic E-state index is 0.193. The van der Waals surface area contributed by atoms with Crippen molar-refractivity contribution in [3.05, 3.63) is 76.4 Å². The topological polar surface area (TPSA) is 86.9 Å². The fraction of sp³-hybridized carbons (Fsp3) is 0.227. The first-order chi connectivity index (χ1) is 14.6. The first kappa shape index (κ1) is 22.1. The second kappa shape index (κ2) is 11.0. The molecular weight excluding hydrogens is 464 g/mol. The molecular formula is C22H23BrN4O2S. The Bertz CT molecular complexity index is 977. The Balaban J connectivity index is 1.60. The monoisotopic (exact) mass is 486 g/mol. The SMILES string of the molecule is CSCCC(NC(=O)c1ccccc1Br)C(=O)NCc1ccc(-c2ccn[nH]2)cc1. The van der Waals surface area contributed by atoms with Gasteiger partial charge < -0.3 is 10.6 Å². The number of aromatic nitrogens is 2. The van der Waals surface area contributed by atoms with E-state index in [2.05, 4.69) is 36.8 Å². The maximum Gasteiger partial charge on any atom is 0.253 e. The van der Waals surface area contributed by atoms with Gasteiger partial charge in [0.1, 0.15) is 6.04 Å².